The molecule has 1 aliphatic carbocycles. The molecule has 1 saturated carbocycles. The van der Waals surface area contributed by atoms with Gasteiger partial charge in [-0.05, 0) is 25.0 Å². The quantitative estimate of drug-likeness (QED) is 0.822. The first kappa shape index (κ1) is 10.8. The molecule has 88 valence electrons. The first-order chi connectivity index (χ1) is 8.25. The SMILES string of the molecule is Nc1cc(C2CCCC2)nc2c(Cl)cccc12. The number of nitrogens with zero attached hydrogens (tertiary/aromatic N) is 1. The Bertz CT molecular complexity index is 559. The van der Waals surface area contributed by atoms with Gasteiger partial charge in [-0.1, -0.05) is 36.6 Å². The van der Waals surface area contributed by atoms with Gasteiger partial charge in [0.25, 0.3) is 0 Å². The molecule has 0 amide bonds. The van der Waals surface area contributed by atoms with Crippen LogP contribution < -0.4 is 5.73 Å². The van der Waals surface area contributed by atoms with Gasteiger partial charge in [-0.25, -0.2) is 0 Å². The number of hydrogen-bond acceptors (Lipinski definition) is 2. The second kappa shape index (κ2) is 4.19. The van der Waals surface area contributed by atoms with Crippen molar-refractivity contribution in [2.45, 2.75) is 31.6 Å². The number of para-hydroxylation sites is 1. The molecule has 1 aromatic carbocycles. The predicted molar refractivity (Wildman–Crippen MR) is 72.4 cm³/mol. The third-order valence-electron chi connectivity index (χ3n) is 3.62. The average molecular weight is 247 g/mol. The molecule has 2 aromatic rings. The van der Waals surface area contributed by atoms with E-state index >= 15 is 0 Å². The third-order valence-corrected chi connectivity index (χ3v) is 3.92. The molecule has 1 aliphatic rings. The molecule has 0 atom stereocenters. The van der Waals surface area contributed by atoms with Gasteiger partial charge in [-0.15, -0.1) is 0 Å². The summed E-state index contributed by atoms with van der Waals surface area (Å²) in [6.07, 6.45) is 5.05. The predicted octanol–water partition coefficient (Wildman–Crippen LogP) is 4.13. The maximum absolute atomic E-state index is 6.19. The summed E-state index contributed by atoms with van der Waals surface area (Å²) in [7, 11) is 0. The number of fused-ring (bicyclic) bond motifs is 1. The Morgan fingerprint density at radius 2 is 2.00 bits per heavy atom. The van der Waals surface area contributed by atoms with Crippen LogP contribution >= 0.6 is 11.6 Å². The topological polar surface area (TPSA) is 38.9 Å². The van der Waals surface area contributed by atoms with Gasteiger partial charge in [-0.3, -0.25) is 4.98 Å². The molecule has 0 saturated heterocycles. The second-order valence-electron chi connectivity index (χ2n) is 4.75. The number of rotatable bonds is 1. The van der Waals surface area contributed by atoms with Gasteiger partial charge in [0.2, 0.25) is 0 Å². The second-order valence-corrected chi connectivity index (χ2v) is 5.16. The van der Waals surface area contributed by atoms with Crippen LogP contribution in [0.1, 0.15) is 37.3 Å². The standard InChI is InChI=1S/C14H15ClN2/c15-11-7-3-6-10-12(16)8-13(17-14(10)11)9-4-1-2-5-9/h3,6-9H,1-2,4-5H2,(H2,16,17). The van der Waals surface area contributed by atoms with Crippen molar-refractivity contribution in [1.82, 2.24) is 4.98 Å². The molecule has 0 spiro atoms. The van der Waals surface area contributed by atoms with E-state index in [2.05, 4.69) is 0 Å². The van der Waals surface area contributed by atoms with Crippen LogP contribution in [-0.2, 0) is 0 Å². The Morgan fingerprint density at radius 3 is 2.76 bits per heavy atom. The minimum absolute atomic E-state index is 0.568. The largest absolute Gasteiger partial charge is 0.398 e. The summed E-state index contributed by atoms with van der Waals surface area (Å²) in [5, 5.41) is 1.65. The van der Waals surface area contributed by atoms with Crippen molar-refractivity contribution < 1.29 is 0 Å². The van der Waals surface area contributed by atoms with Gasteiger partial charge in [-0.2, -0.15) is 0 Å². The Hall–Kier alpha value is -1.28. The minimum Gasteiger partial charge on any atom is -0.398 e. The normalized spacial score (nSPS) is 16.8. The first-order valence-electron chi connectivity index (χ1n) is 6.10. The molecule has 0 aliphatic heterocycles. The molecule has 2 nitrogen and oxygen atoms in total. The van der Waals surface area contributed by atoms with Gasteiger partial charge in [0.15, 0.2) is 0 Å². The molecule has 0 bridgehead atoms. The Labute approximate surface area is 106 Å². The summed E-state index contributed by atoms with van der Waals surface area (Å²) in [6, 6.07) is 7.78. The van der Waals surface area contributed by atoms with Gasteiger partial charge in [0, 0.05) is 22.7 Å². The van der Waals surface area contributed by atoms with Crippen LogP contribution in [0.15, 0.2) is 24.3 Å². The molecule has 2 N–H and O–H groups in total. The Morgan fingerprint density at radius 1 is 1.24 bits per heavy atom. The van der Waals surface area contributed by atoms with Crippen LogP contribution in [0, 0.1) is 0 Å². The van der Waals surface area contributed by atoms with E-state index in [1.165, 1.54) is 25.7 Å². The van der Waals surface area contributed by atoms with Crippen LogP contribution in [0.2, 0.25) is 5.02 Å². The van der Waals surface area contributed by atoms with Crippen LogP contribution in [-0.4, -0.2) is 4.98 Å². The lowest BCUT2D eigenvalue weighted by molar-refractivity contribution is 0.701. The molecule has 17 heavy (non-hydrogen) atoms. The lowest BCUT2D eigenvalue weighted by Crippen LogP contribution is -2.00. The molecule has 0 radical (unpaired) electrons. The van der Waals surface area contributed by atoms with Crippen LogP contribution in [0.25, 0.3) is 10.9 Å². The molecular formula is C14H15ClN2. The van der Waals surface area contributed by atoms with Gasteiger partial charge in [0.1, 0.15) is 0 Å². The van der Waals surface area contributed by atoms with Crippen molar-refractivity contribution in [3.63, 3.8) is 0 Å². The summed E-state index contributed by atoms with van der Waals surface area (Å²) in [5.41, 5.74) is 8.84. The lowest BCUT2D eigenvalue weighted by Gasteiger charge is -2.12. The van der Waals surface area contributed by atoms with Gasteiger partial charge in [0.05, 0.1) is 10.5 Å². The van der Waals surface area contributed by atoms with Crippen molar-refractivity contribution in [2.75, 3.05) is 5.73 Å². The maximum atomic E-state index is 6.19. The van der Waals surface area contributed by atoms with Crippen molar-refractivity contribution in [1.29, 1.82) is 0 Å². The van der Waals surface area contributed by atoms with E-state index < -0.39 is 0 Å². The number of nitrogens with two attached hydrogens (primary N) is 1. The summed E-state index contributed by atoms with van der Waals surface area (Å²) in [6.45, 7) is 0. The number of hydrogen-bond donors (Lipinski definition) is 1. The van der Waals surface area contributed by atoms with Crippen LogP contribution in [0.5, 0.6) is 0 Å². The molecule has 3 rings (SSSR count). The van der Waals surface area contributed by atoms with E-state index in [1.807, 2.05) is 24.3 Å². The van der Waals surface area contributed by atoms with Gasteiger partial charge < -0.3 is 5.73 Å². The number of benzene rings is 1. The summed E-state index contributed by atoms with van der Waals surface area (Å²) >= 11 is 6.19. The summed E-state index contributed by atoms with van der Waals surface area (Å²) in [4.78, 5) is 4.71. The molecule has 1 aromatic heterocycles. The molecular weight excluding hydrogens is 232 g/mol. The maximum Gasteiger partial charge on any atom is 0.0912 e. The molecule has 0 unspecified atom stereocenters. The zero-order chi connectivity index (χ0) is 11.8. The van der Waals surface area contributed by atoms with E-state index in [-0.39, 0.29) is 0 Å². The monoisotopic (exact) mass is 246 g/mol. The highest BCUT2D eigenvalue weighted by atomic mass is 35.5. The Kier molecular flexibility index (Phi) is 2.67. The van der Waals surface area contributed by atoms with Crippen LogP contribution in [0.3, 0.4) is 0 Å². The summed E-state index contributed by atoms with van der Waals surface area (Å²) in [5.74, 6) is 0.568. The zero-order valence-corrected chi connectivity index (χ0v) is 10.4. The molecule has 1 fully saturated rings. The van der Waals surface area contributed by atoms with Crippen molar-refractivity contribution in [2.24, 2.45) is 0 Å². The summed E-state index contributed by atoms with van der Waals surface area (Å²) < 4.78 is 0. The van der Waals surface area contributed by atoms with Crippen LogP contribution in [0.4, 0.5) is 5.69 Å². The van der Waals surface area contributed by atoms with E-state index in [0.717, 1.165) is 22.3 Å². The Balaban J connectivity index is 2.18. The zero-order valence-electron chi connectivity index (χ0n) is 9.62. The number of anilines is 1. The van der Waals surface area contributed by atoms with Crippen molar-refractivity contribution in [3.05, 3.63) is 35.0 Å². The van der Waals surface area contributed by atoms with Gasteiger partial charge >= 0.3 is 0 Å². The lowest BCUT2D eigenvalue weighted by atomic mass is 10.0. The number of pyridine rings is 1. The average Bonchev–Trinajstić information content (AvgIpc) is 2.84. The van der Waals surface area contributed by atoms with Crippen molar-refractivity contribution >= 4 is 28.2 Å². The van der Waals surface area contributed by atoms with E-state index in [1.54, 1.807) is 0 Å². The first-order valence-corrected chi connectivity index (χ1v) is 6.48. The number of nitrogen functional groups attached to an aromatic ring is 1. The highest BCUT2D eigenvalue weighted by Crippen LogP contribution is 2.36. The van der Waals surface area contributed by atoms with E-state index in [9.17, 15) is 0 Å². The number of halogens is 1. The third kappa shape index (κ3) is 1.87. The van der Waals surface area contributed by atoms with E-state index in [4.69, 9.17) is 22.3 Å². The highest BCUT2D eigenvalue weighted by Gasteiger charge is 2.19. The smallest absolute Gasteiger partial charge is 0.0912 e. The van der Waals surface area contributed by atoms with Crippen molar-refractivity contribution in [3.8, 4) is 0 Å². The van der Waals surface area contributed by atoms with E-state index in [0.29, 0.717) is 10.9 Å². The fourth-order valence-corrected chi connectivity index (χ4v) is 2.91. The molecule has 1 heterocycles. The molecule has 3 heteroatoms. The fourth-order valence-electron chi connectivity index (χ4n) is 2.69. The number of aromatic nitrogens is 1. The minimum atomic E-state index is 0.568. The fraction of sp³-hybridized carbons (Fsp3) is 0.357. The highest BCUT2D eigenvalue weighted by molar-refractivity contribution is 6.35.